The third-order valence-electron chi connectivity index (χ3n) is 3.28. The minimum absolute atomic E-state index is 0.672. The first-order chi connectivity index (χ1) is 8.28. The molecule has 1 aromatic rings. The highest BCUT2D eigenvalue weighted by Crippen LogP contribution is 2.14. The van der Waals surface area contributed by atoms with Crippen molar-refractivity contribution in [3.8, 4) is 5.75 Å². The largest absolute Gasteiger partial charge is 0.497 e. The molecule has 0 amide bonds. The van der Waals surface area contributed by atoms with Crippen molar-refractivity contribution in [3.05, 3.63) is 29.8 Å². The van der Waals surface area contributed by atoms with E-state index in [0.29, 0.717) is 6.04 Å². The Balaban J connectivity index is 1.85. The Kier molecular flexibility index (Phi) is 4.40. The molecule has 1 aliphatic rings. The predicted octanol–water partition coefficient (Wildman–Crippen LogP) is 1.88. The molecule has 94 valence electrons. The summed E-state index contributed by atoms with van der Waals surface area (Å²) >= 11 is 0. The van der Waals surface area contributed by atoms with Crippen molar-refractivity contribution >= 4 is 0 Å². The van der Waals surface area contributed by atoms with E-state index in [4.69, 9.17) is 4.74 Å². The molecule has 0 aromatic heterocycles. The Hall–Kier alpha value is -1.06. The Morgan fingerprint density at radius 2 is 2.35 bits per heavy atom. The van der Waals surface area contributed by atoms with Gasteiger partial charge in [-0.1, -0.05) is 12.1 Å². The van der Waals surface area contributed by atoms with Gasteiger partial charge in [-0.15, -0.1) is 0 Å². The van der Waals surface area contributed by atoms with Crippen LogP contribution in [-0.2, 0) is 6.54 Å². The predicted molar refractivity (Wildman–Crippen MR) is 70.4 cm³/mol. The minimum atomic E-state index is 0.672. The Labute approximate surface area is 104 Å². The second kappa shape index (κ2) is 6.03. The van der Waals surface area contributed by atoms with Crippen LogP contribution in [0.1, 0.15) is 18.4 Å². The smallest absolute Gasteiger partial charge is 0.119 e. The number of ether oxygens (including phenoxy) is 1. The highest BCUT2D eigenvalue weighted by Gasteiger charge is 2.15. The third kappa shape index (κ3) is 3.72. The molecule has 0 spiro atoms. The van der Waals surface area contributed by atoms with Gasteiger partial charge in [0.25, 0.3) is 0 Å². The van der Waals surface area contributed by atoms with Gasteiger partial charge >= 0.3 is 0 Å². The normalized spacial score (nSPS) is 19.8. The van der Waals surface area contributed by atoms with E-state index < -0.39 is 0 Å². The first-order valence-corrected chi connectivity index (χ1v) is 6.33. The summed E-state index contributed by atoms with van der Waals surface area (Å²) in [6.45, 7) is 3.28. The molecular weight excluding hydrogens is 212 g/mol. The first kappa shape index (κ1) is 12.4. The summed E-state index contributed by atoms with van der Waals surface area (Å²) in [7, 11) is 3.89. The van der Waals surface area contributed by atoms with Crippen molar-refractivity contribution < 1.29 is 4.74 Å². The van der Waals surface area contributed by atoms with Gasteiger partial charge in [-0.3, -0.25) is 0 Å². The number of methoxy groups -OCH3 is 1. The highest BCUT2D eigenvalue weighted by atomic mass is 16.5. The van der Waals surface area contributed by atoms with Gasteiger partial charge in [0.05, 0.1) is 7.11 Å². The summed E-state index contributed by atoms with van der Waals surface area (Å²) in [5.74, 6) is 0.940. The van der Waals surface area contributed by atoms with Crippen LogP contribution in [0.3, 0.4) is 0 Å². The van der Waals surface area contributed by atoms with E-state index in [2.05, 4.69) is 35.5 Å². The van der Waals surface area contributed by atoms with Crippen LogP contribution in [0.5, 0.6) is 5.75 Å². The Morgan fingerprint density at radius 1 is 1.47 bits per heavy atom. The molecule has 2 rings (SSSR count). The van der Waals surface area contributed by atoms with Gasteiger partial charge in [0, 0.05) is 19.1 Å². The summed E-state index contributed by atoms with van der Waals surface area (Å²) in [6.07, 6.45) is 2.63. The van der Waals surface area contributed by atoms with E-state index >= 15 is 0 Å². The van der Waals surface area contributed by atoms with Gasteiger partial charge in [0.1, 0.15) is 5.75 Å². The van der Waals surface area contributed by atoms with Crippen molar-refractivity contribution in [2.24, 2.45) is 0 Å². The van der Waals surface area contributed by atoms with Crippen molar-refractivity contribution in [2.75, 3.05) is 27.2 Å². The van der Waals surface area contributed by atoms with Crippen LogP contribution >= 0.6 is 0 Å². The third-order valence-corrected chi connectivity index (χ3v) is 3.28. The molecule has 3 nitrogen and oxygen atoms in total. The lowest BCUT2D eigenvalue weighted by atomic mass is 10.2. The van der Waals surface area contributed by atoms with Gasteiger partial charge in [-0.05, 0) is 44.1 Å². The number of likely N-dealkylation sites (N-methyl/N-ethyl adjacent to an activating group) is 1. The molecule has 1 aromatic carbocycles. The Morgan fingerprint density at radius 3 is 3.06 bits per heavy atom. The summed E-state index contributed by atoms with van der Waals surface area (Å²) in [4.78, 5) is 2.37. The zero-order valence-electron chi connectivity index (χ0n) is 10.8. The lowest BCUT2D eigenvalue weighted by Gasteiger charge is -2.21. The molecule has 1 atom stereocenters. The van der Waals surface area contributed by atoms with Gasteiger partial charge < -0.3 is 15.0 Å². The number of nitrogens with zero attached hydrogens (tertiary/aromatic N) is 1. The maximum Gasteiger partial charge on any atom is 0.119 e. The molecule has 1 fully saturated rings. The topological polar surface area (TPSA) is 24.5 Å². The summed E-state index contributed by atoms with van der Waals surface area (Å²) in [6, 6.07) is 8.97. The fraction of sp³-hybridized carbons (Fsp3) is 0.571. The van der Waals surface area contributed by atoms with Crippen LogP contribution in [0, 0.1) is 0 Å². The molecule has 3 heteroatoms. The fourth-order valence-electron chi connectivity index (χ4n) is 2.44. The lowest BCUT2D eigenvalue weighted by molar-refractivity contribution is 0.292. The summed E-state index contributed by atoms with van der Waals surface area (Å²) < 4.78 is 5.24. The van der Waals surface area contributed by atoms with E-state index in [-0.39, 0.29) is 0 Å². The van der Waals surface area contributed by atoms with Gasteiger partial charge in [0.15, 0.2) is 0 Å². The van der Waals surface area contributed by atoms with Crippen molar-refractivity contribution in [1.29, 1.82) is 0 Å². The van der Waals surface area contributed by atoms with Crippen molar-refractivity contribution in [3.63, 3.8) is 0 Å². The van der Waals surface area contributed by atoms with E-state index in [0.717, 1.165) is 18.8 Å². The fourth-order valence-corrected chi connectivity index (χ4v) is 2.44. The van der Waals surface area contributed by atoms with E-state index in [9.17, 15) is 0 Å². The monoisotopic (exact) mass is 234 g/mol. The van der Waals surface area contributed by atoms with Gasteiger partial charge in [-0.2, -0.15) is 0 Å². The average Bonchev–Trinajstić information content (AvgIpc) is 2.82. The zero-order chi connectivity index (χ0) is 12.1. The number of benzene rings is 1. The molecule has 1 saturated heterocycles. The second-order valence-corrected chi connectivity index (χ2v) is 4.84. The zero-order valence-corrected chi connectivity index (χ0v) is 10.8. The number of hydrogen-bond donors (Lipinski definition) is 1. The van der Waals surface area contributed by atoms with Crippen LogP contribution in [0.2, 0.25) is 0 Å². The van der Waals surface area contributed by atoms with Crippen LogP contribution in [0.15, 0.2) is 24.3 Å². The van der Waals surface area contributed by atoms with Crippen molar-refractivity contribution in [1.82, 2.24) is 10.2 Å². The van der Waals surface area contributed by atoms with Crippen molar-refractivity contribution in [2.45, 2.75) is 25.4 Å². The molecule has 17 heavy (non-hydrogen) atoms. The maximum absolute atomic E-state index is 5.24. The highest BCUT2D eigenvalue weighted by molar-refractivity contribution is 5.28. The molecule has 0 aliphatic carbocycles. The lowest BCUT2D eigenvalue weighted by Crippen LogP contribution is -2.34. The SMILES string of the molecule is COc1cccc(CN(C)C[C@H]2CCCN2)c1. The standard InChI is InChI=1S/C14H22N2O/c1-16(11-13-6-4-8-15-13)10-12-5-3-7-14(9-12)17-2/h3,5,7,9,13,15H,4,6,8,10-11H2,1-2H3/t13-/m1/s1. The van der Waals surface area contributed by atoms with Crippen LogP contribution in [-0.4, -0.2) is 38.2 Å². The van der Waals surface area contributed by atoms with E-state index in [1.165, 1.54) is 24.9 Å². The van der Waals surface area contributed by atoms with Gasteiger partial charge in [-0.25, -0.2) is 0 Å². The van der Waals surface area contributed by atoms with Crippen LogP contribution in [0.25, 0.3) is 0 Å². The molecule has 1 aliphatic heterocycles. The Bertz CT molecular complexity index is 348. The van der Waals surface area contributed by atoms with Gasteiger partial charge in [0.2, 0.25) is 0 Å². The molecule has 0 unspecified atom stereocenters. The summed E-state index contributed by atoms with van der Waals surface area (Å²) in [5, 5.41) is 3.53. The molecular formula is C14H22N2O. The number of rotatable bonds is 5. The first-order valence-electron chi connectivity index (χ1n) is 6.33. The maximum atomic E-state index is 5.24. The van der Waals surface area contributed by atoms with E-state index in [1.807, 2.05) is 6.07 Å². The minimum Gasteiger partial charge on any atom is -0.497 e. The molecule has 0 bridgehead atoms. The number of nitrogens with one attached hydrogen (secondary N) is 1. The van der Waals surface area contributed by atoms with E-state index in [1.54, 1.807) is 7.11 Å². The molecule has 0 saturated carbocycles. The number of hydrogen-bond acceptors (Lipinski definition) is 3. The molecule has 1 N–H and O–H groups in total. The quantitative estimate of drug-likeness (QED) is 0.842. The molecule has 0 radical (unpaired) electrons. The molecule has 1 heterocycles. The average molecular weight is 234 g/mol. The van der Waals surface area contributed by atoms with Crippen LogP contribution < -0.4 is 10.1 Å². The summed E-state index contributed by atoms with van der Waals surface area (Å²) in [5.41, 5.74) is 1.31. The van der Waals surface area contributed by atoms with Crippen LogP contribution in [0.4, 0.5) is 0 Å². The second-order valence-electron chi connectivity index (χ2n) is 4.84.